The molecule has 1 unspecified atom stereocenters. The molecular formula is C14H21NO4S2. The second-order valence-electron chi connectivity index (χ2n) is 5.32. The SMILES string of the molecule is CCCS(=O)(=O)N1CCCC1CS(=O)(=O)c1ccccc1. The first-order valence-electron chi connectivity index (χ1n) is 7.14. The van der Waals surface area contributed by atoms with Gasteiger partial charge in [-0.2, -0.15) is 4.31 Å². The second kappa shape index (κ2) is 6.46. The Kier molecular flexibility index (Phi) is 5.06. The predicted octanol–water partition coefficient (Wildman–Crippen LogP) is 1.66. The molecule has 0 spiro atoms. The number of sulfonamides is 1. The van der Waals surface area contributed by atoms with Gasteiger partial charge in [-0.3, -0.25) is 0 Å². The molecule has 1 saturated heterocycles. The number of nitrogens with zero attached hydrogens (tertiary/aromatic N) is 1. The fraction of sp³-hybridized carbons (Fsp3) is 0.571. The first kappa shape index (κ1) is 16.5. The van der Waals surface area contributed by atoms with E-state index in [0.29, 0.717) is 19.4 Å². The summed E-state index contributed by atoms with van der Waals surface area (Å²) in [5.74, 6) is -0.0607. The van der Waals surface area contributed by atoms with E-state index in [-0.39, 0.29) is 16.4 Å². The van der Waals surface area contributed by atoms with Gasteiger partial charge in [0.15, 0.2) is 9.84 Å². The molecule has 2 rings (SSSR count). The maximum Gasteiger partial charge on any atom is 0.214 e. The highest BCUT2D eigenvalue weighted by molar-refractivity contribution is 7.91. The maximum absolute atomic E-state index is 12.4. The van der Waals surface area contributed by atoms with Crippen LogP contribution in [0.4, 0.5) is 0 Å². The van der Waals surface area contributed by atoms with Crippen molar-refractivity contribution < 1.29 is 16.8 Å². The molecule has 0 N–H and O–H groups in total. The lowest BCUT2D eigenvalue weighted by Gasteiger charge is -2.23. The van der Waals surface area contributed by atoms with Gasteiger partial charge in [0, 0.05) is 12.6 Å². The van der Waals surface area contributed by atoms with Gasteiger partial charge in [-0.25, -0.2) is 16.8 Å². The smallest absolute Gasteiger partial charge is 0.214 e. The summed E-state index contributed by atoms with van der Waals surface area (Å²) in [6.07, 6.45) is 1.86. The summed E-state index contributed by atoms with van der Waals surface area (Å²) >= 11 is 0. The van der Waals surface area contributed by atoms with Crippen LogP contribution in [0.15, 0.2) is 35.2 Å². The quantitative estimate of drug-likeness (QED) is 0.795. The van der Waals surface area contributed by atoms with E-state index < -0.39 is 25.9 Å². The average Bonchev–Trinajstić information content (AvgIpc) is 2.88. The van der Waals surface area contributed by atoms with E-state index in [1.165, 1.54) is 4.31 Å². The number of hydrogen-bond donors (Lipinski definition) is 0. The van der Waals surface area contributed by atoms with Gasteiger partial charge in [0.25, 0.3) is 0 Å². The fourth-order valence-corrected chi connectivity index (χ4v) is 6.20. The Morgan fingerprint density at radius 3 is 2.43 bits per heavy atom. The number of rotatable bonds is 6. The second-order valence-corrected chi connectivity index (χ2v) is 9.39. The zero-order valence-corrected chi connectivity index (χ0v) is 13.7. The molecule has 118 valence electrons. The van der Waals surface area contributed by atoms with Crippen LogP contribution in [0.1, 0.15) is 26.2 Å². The van der Waals surface area contributed by atoms with Crippen molar-refractivity contribution in [3.63, 3.8) is 0 Å². The summed E-state index contributed by atoms with van der Waals surface area (Å²) < 4.78 is 50.6. The van der Waals surface area contributed by atoms with Crippen LogP contribution in [0.25, 0.3) is 0 Å². The number of hydrogen-bond acceptors (Lipinski definition) is 4. The third-order valence-corrected chi connectivity index (χ3v) is 7.59. The van der Waals surface area contributed by atoms with E-state index in [2.05, 4.69) is 0 Å². The summed E-state index contributed by atoms with van der Waals surface area (Å²) in [7, 11) is -6.80. The van der Waals surface area contributed by atoms with Crippen molar-refractivity contribution in [1.82, 2.24) is 4.31 Å². The van der Waals surface area contributed by atoms with Crippen LogP contribution in [0.5, 0.6) is 0 Å². The highest BCUT2D eigenvalue weighted by atomic mass is 32.2. The first-order valence-corrected chi connectivity index (χ1v) is 10.4. The Balaban J connectivity index is 2.19. The zero-order chi connectivity index (χ0) is 15.5. The topological polar surface area (TPSA) is 71.5 Å². The van der Waals surface area contributed by atoms with E-state index in [1.807, 2.05) is 6.92 Å². The lowest BCUT2D eigenvalue weighted by molar-refractivity contribution is 0.407. The molecule has 1 aliphatic heterocycles. The Labute approximate surface area is 126 Å². The van der Waals surface area contributed by atoms with E-state index in [9.17, 15) is 16.8 Å². The lowest BCUT2D eigenvalue weighted by atomic mass is 10.3. The van der Waals surface area contributed by atoms with Crippen LogP contribution in [0, 0.1) is 0 Å². The third-order valence-electron chi connectivity index (χ3n) is 3.66. The van der Waals surface area contributed by atoms with Gasteiger partial charge >= 0.3 is 0 Å². The molecule has 1 fully saturated rings. The lowest BCUT2D eigenvalue weighted by Crippen LogP contribution is -2.40. The van der Waals surface area contributed by atoms with Gasteiger partial charge in [0.2, 0.25) is 10.0 Å². The molecule has 1 aliphatic rings. The Hall–Kier alpha value is -0.920. The monoisotopic (exact) mass is 331 g/mol. The van der Waals surface area contributed by atoms with Crippen molar-refractivity contribution >= 4 is 19.9 Å². The Morgan fingerprint density at radius 2 is 1.81 bits per heavy atom. The molecule has 0 radical (unpaired) electrons. The minimum atomic E-state index is -3.46. The number of sulfone groups is 1. The predicted molar refractivity (Wildman–Crippen MR) is 82.3 cm³/mol. The van der Waals surface area contributed by atoms with Crippen LogP contribution in [0.3, 0.4) is 0 Å². The fourth-order valence-electron chi connectivity index (χ4n) is 2.69. The molecule has 1 atom stereocenters. The summed E-state index contributed by atoms with van der Waals surface area (Å²) in [6, 6.07) is 7.77. The molecule has 7 heteroatoms. The molecule has 0 aromatic heterocycles. The largest absolute Gasteiger partial charge is 0.224 e. The maximum atomic E-state index is 12.4. The minimum absolute atomic E-state index is 0.0783. The van der Waals surface area contributed by atoms with Crippen molar-refractivity contribution in [3.8, 4) is 0 Å². The highest BCUT2D eigenvalue weighted by Crippen LogP contribution is 2.25. The highest BCUT2D eigenvalue weighted by Gasteiger charge is 2.36. The Morgan fingerprint density at radius 1 is 1.14 bits per heavy atom. The normalized spacial score (nSPS) is 20.7. The average molecular weight is 331 g/mol. The summed E-state index contributed by atoms with van der Waals surface area (Å²) in [4.78, 5) is 0.254. The van der Waals surface area contributed by atoms with Gasteiger partial charge in [-0.15, -0.1) is 0 Å². The Bertz CT molecular complexity index is 668. The van der Waals surface area contributed by atoms with Gasteiger partial charge in [0.05, 0.1) is 16.4 Å². The van der Waals surface area contributed by atoms with Crippen LogP contribution in [0.2, 0.25) is 0 Å². The van der Waals surface area contributed by atoms with E-state index in [4.69, 9.17) is 0 Å². The van der Waals surface area contributed by atoms with Gasteiger partial charge in [-0.05, 0) is 31.4 Å². The molecule has 1 heterocycles. The van der Waals surface area contributed by atoms with Crippen molar-refractivity contribution in [2.24, 2.45) is 0 Å². The van der Waals surface area contributed by atoms with Crippen molar-refractivity contribution in [2.45, 2.75) is 37.1 Å². The van der Waals surface area contributed by atoms with Crippen molar-refractivity contribution in [1.29, 1.82) is 0 Å². The minimum Gasteiger partial charge on any atom is -0.224 e. The van der Waals surface area contributed by atoms with Gasteiger partial charge in [-0.1, -0.05) is 25.1 Å². The zero-order valence-electron chi connectivity index (χ0n) is 12.1. The standard InChI is InChI=1S/C14H21NO4S2/c1-2-11-21(18,19)15-10-6-7-13(15)12-20(16,17)14-8-4-3-5-9-14/h3-5,8-9,13H,2,6-7,10-12H2,1H3. The van der Waals surface area contributed by atoms with Gasteiger partial charge in [0.1, 0.15) is 0 Å². The molecule has 5 nitrogen and oxygen atoms in total. The van der Waals surface area contributed by atoms with Crippen LogP contribution >= 0.6 is 0 Å². The molecule has 21 heavy (non-hydrogen) atoms. The summed E-state index contributed by atoms with van der Waals surface area (Å²) in [5, 5.41) is 0. The van der Waals surface area contributed by atoms with Crippen molar-refractivity contribution in [2.75, 3.05) is 18.1 Å². The van der Waals surface area contributed by atoms with Gasteiger partial charge < -0.3 is 0 Å². The van der Waals surface area contributed by atoms with E-state index >= 15 is 0 Å². The molecule has 1 aromatic rings. The van der Waals surface area contributed by atoms with Crippen LogP contribution in [-0.2, 0) is 19.9 Å². The molecule has 0 saturated carbocycles. The summed E-state index contributed by atoms with van der Waals surface area (Å²) in [6.45, 7) is 2.24. The molecule has 0 aliphatic carbocycles. The molecule has 0 bridgehead atoms. The van der Waals surface area contributed by atoms with E-state index in [0.717, 1.165) is 6.42 Å². The van der Waals surface area contributed by atoms with E-state index in [1.54, 1.807) is 30.3 Å². The van der Waals surface area contributed by atoms with Crippen LogP contribution < -0.4 is 0 Å². The third kappa shape index (κ3) is 3.84. The van der Waals surface area contributed by atoms with Crippen LogP contribution in [-0.4, -0.2) is 45.2 Å². The summed E-state index contributed by atoms with van der Waals surface area (Å²) in [5.41, 5.74) is 0. The number of benzene rings is 1. The van der Waals surface area contributed by atoms with Crippen molar-refractivity contribution in [3.05, 3.63) is 30.3 Å². The molecule has 1 aromatic carbocycles. The molecular weight excluding hydrogens is 310 g/mol. The molecule has 0 amide bonds. The first-order chi connectivity index (χ1) is 9.87.